The van der Waals surface area contributed by atoms with Crippen LogP contribution in [0, 0.1) is 5.92 Å². The predicted octanol–water partition coefficient (Wildman–Crippen LogP) is -0.117. The highest BCUT2D eigenvalue weighted by Gasteiger charge is 2.23. The van der Waals surface area contributed by atoms with E-state index in [1.807, 2.05) is 0 Å². The van der Waals surface area contributed by atoms with E-state index in [9.17, 15) is 13.2 Å². The van der Waals surface area contributed by atoms with Crippen molar-refractivity contribution < 1.29 is 18.3 Å². The van der Waals surface area contributed by atoms with Crippen molar-refractivity contribution in [2.75, 3.05) is 19.6 Å². The molecule has 0 aliphatic rings. The number of rotatable bonds is 7. The molecule has 90 valence electrons. The van der Waals surface area contributed by atoms with Crippen molar-refractivity contribution in [1.29, 1.82) is 0 Å². The van der Waals surface area contributed by atoms with Gasteiger partial charge in [-0.3, -0.25) is 4.79 Å². The summed E-state index contributed by atoms with van der Waals surface area (Å²) in [7, 11) is -3.53. The lowest BCUT2D eigenvalue weighted by Crippen LogP contribution is -2.43. The van der Waals surface area contributed by atoms with Gasteiger partial charge in [0.2, 0.25) is 0 Å². The number of nitrogens with zero attached hydrogens (tertiary/aromatic N) is 1. The summed E-state index contributed by atoms with van der Waals surface area (Å²) in [6.45, 7) is 5.36. The summed E-state index contributed by atoms with van der Waals surface area (Å²) in [6.07, 6.45) is 0. The van der Waals surface area contributed by atoms with Crippen LogP contribution in [-0.2, 0) is 15.0 Å². The van der Waals surface area contributed by atoms with E-state index < -0.39 is 22.1 Å². The molecule has 6 nitrogen and oxygen atoms in total. The van der Waals surface area contributed by atoms with Gasteiger partial charge in [0.1, 0.15) is 0 Å². The molecule has 0 aliphatic carbocycles. The van der Waals surface area contributed by atoms with Crippen LogP contribution in [0.25, 0.3) is 0 Å². The Hall–Kier alpha value is -0.660. The zero-order valence-corrected chi connectivity index (χ0v) is 10.0. The SMILES string of the molecule is CCNS(=O)(=O)N(CC)CC(C)C(=O)O. The molecule has 0 amide bonds. The van der Waals surface area contributed by atoms with Gasteiger partial charge in [-0.05, 0) is 0 Å². The van der Waals surface area contributed by atoms with Crippen LogP contribution in [0.3, 0.4) is 0 Å². The second-order valence-corrected chi connectivity index (χ2v) is 4.95. The average molecular weight is 238 g/mol. The highest BCUT2D eigenvalue weighted by Crippen LogP contribution is 2.04. The summed E-state index contributed by atoms with van der Waals surface area (Å²) in [4.78, 5) is 10.6. The number of carbonyl (C=O) groups is 1. The first-order valence-corrected chi connectivity index (χ1v) is 6.26. The molecule has 0 rings (SSSR count). The van der Waals surface area contributed by atoms with Crippen molar-refractivity contribution >= 4 is 16.2 Å². The van der Waals surface area contributed by atoms with Gasteiger partial charge in [0.15, 0.2) is 0 Å². The van der Waals surface area contributed by atoms with Crippen molar-refractivity contribution in [2.45, 2.75) is 20.8 Å². The molecule has 0 aromatic carbocycles. The van der Waals surface area contributed by atoms with Crippen molar-refractivity contribution in [3.05, 3.63) is 0 Å². The molecule has 0 radical (unpaired) electrons. The van der Waals surface area contributed by atoms with Gasteiger partial charge in [0, 0.05) is 19.6 Å². The van der Waals surface area contributed by atoms with E-state index in [1.54, 1.807) is 13.8 Å². The molecule has 1 atom stereocenters. The second-order valence-electron chi connectivity index (χ2n) is 3.19. The molecule has 0 saturated carbocycles. The van der Waals surface area contributed by atoms with Gasteiger partial charge >= 0.3 is 5.97 Å². The molecular weight excluding hydrogens is 220 g/mol. The summed E-state index contributed by atoms with van der Waals surface area (Å²) in [6, 6.07) is 0. The molecule has 1 unspecified atom stereocenters. The van der Waals surface area contributed by atoms with Crippen LogP contribution in [0.1, 0.15) is 20.8 Å². The number of aliphatic carboxylic acids is 1. The number of hydrogen-bond acceptors (Lipinski definition) is 3. The summed E-state index contributed by atoms with van der Waals surface area (Å²) in [5.74, 6) is -1.71. The number of carboxylic acids is 1. The highest BCUT2D eigenvalue weighted by molar-refractivity contribution is 7.87. The van der Waals surface area contributed by atoms with E-state index in [2.05, 4.69) is 4.72 Å². The Balaban J connectivity index is 4.57. The maximum absolute atomic E-state index is 11.5. The lowest BCUT2D eigenvalue weighted by Gasteiger charge is -2.22. The molecule has 7 heteroatoms. The number of nitrogens with one attached hydrogen (secondary N) is 1. The minimum Gasteiger partial charge on any atom is -0.481 e. The normalized spacial score (nSPS) is 14.1. The maximum Gasteiger partial charge on any atom is 0.307 e. The fourth-order valence-electron chi connectivity index (χ4n) is 1.05. The van der Waals surface area contributed by atoms with Crippen molar-refractivity contribution in [3.8, 4) is 0 Å². The van der Waals surface area contributed by atoms with Crippen LogP contribution in [0.2, 0.25) is 0 Å². The highest BCUT2D eigenvalue weighted by atomic mass is 32.2. The third kappa shape index (κ3) is 4.59. The topological polar surface area (TPSA) is 86.7 Å². The zero-order valence-electron chi connectivity index (χ0n) is 9.23. The zero-order chi connectivity index (χ0) is 12.1. The monoisotopic (exact) mass is 238 g/mol. The van der Waals surface area contributed by atoms with Gasteiger partial charge < -0.3 is 5.11 Å². The van der Waals surface area contributed by atoms with E-state index in [0.29, 0.717) is 6.54 Å². The molecule has 0 saturated heterocycles. The Bertz CT molecular complexity index is 302. The third-order valence-electron chi connectivity index (χ3n) is 1.92. The van der Waals surface area contributed by atoms with E-state index in [-0.39, 0.29) is 13.1 Å². The molecule has 0 aromatic heterocycles. The summed E-state index contributed by atoms with van der Waals surface area (Å²) in [5, 5.41) is 8.68. The minimum absolute atomic E-state index is 0.0127. The molecule has 2 N–H and O–H groups in total. The van der Waals surface area contributed by atoms with E-state index >= 15 is 0 Å². The average Bonchev–Trinajstić information content (AvgIpc) is 2.12. The van der Waals surface area contributed by atoms with Crippen LogP contribution in [-0.4, -0.2) is 43.4 Å². The number of hydrogen-bond donors (Lipinski definition) is 2. The van der Waals surface area contributed by atoms with Crippen molar-refractivity contribution in [1.82, 2.24) is 9.03 Å². The molecule has 0 bridgehead atoms. The van der Waals surface area contributed by atoms with E-state index in [1.165, 1.54) is 6.92 Å². The van der Waals surface area contributed by atoms with Crippen LogP contribution >= 0.6 is 0 Å². The first-order valence-electron chi connectivity index (χ1n) is 4.82. The first kappa shape index (κ1) is 14.3. The molecule has 0 aliphatic heterocycles. The fraction of sp³-hybridized carbons (Fsp3) is 0.875. The van der Waals surface area contributed by atoms with Gasteiger partial charge in [0.25, 0.3) is 10.2 Å². The lowest BCUT2D eigenvalue weighted by atomic mass is 10.2. The van der Waals surface area contributed by atoms with Gasteiger partial charge in [-0.2, -0.15) is 12.7 Å². The van der Waals surface area contributed by atoms with Gasteiger partial charge in [-0.1, -0.05) is 20.8 Å². The molecule has 0 spiro atoms. The standard InChI is InChI=1S/C8H18N2O4S/c1-4-9-15(13,14)10(5-2)6-7(3)8(11)12/h7,9H,4-6H2,1-3H3,(H,11,12). The summed E-state index contributed by atoms with van der Waals surface area (Å²) in [5.41, 5.74) is 0. The first-order chi connectivity index (χ1) is 6.85. The van der Waals surface area contributed by atoms with E-state index in [4.69, 9.17) is 5.11 Å². The van der Waals surface area contributed by atoms with Crippen LogP contribution < -0.4 is 4.72 Å². The number of carboxylic acid groups (broad SMARTS) is 1. The minimum atomic E-state index is -3.53. The van der Waals surface area contributed by atoms with Crippen molar-refractivity contribution in [3.63, 3.8) is 0 Å². The van der Waals surface area contributed by atoms with Crippen LogP contribution in [0.5, 0.6) is 0 Å². The largest absolute Gasteiger partial charge is 0.481 e. The van der Waals surface area contributed by atoms with Gasteiger partial charge in [-0.15, -0.1) is 0 Å². The molecule has 0 aromatic rings. The quantitative estimate of drug-likeness (QED) is 0.647. The van der Waals surface area contributed by atoms with Crippen LogP contribution in [0.4, 0.5) is 0 Å². The smallest absolute Gasteiger partial charge is 0.307 e. The molecular formula is C8H18N2O4S. The summed E-state index contributed by atoms with van der Waals surface area (Å²) >= 11 is 0. The Morgan fingerprint density at radius 2 is 2.00 bits per heavy atom. The van der Waals surface area contributed by atoms with Crippen molar-refractivity contribution in [2.24, 2.45) is 5.92 Å². The second kappa shape index (κ2) is 6.04. The lowest BCUT2D eigenvalue weighted by molar-refractivity contribution is -0.141. The van der Waals surface area contributed by atoms with E-state index in [0.717, 1.165) is 4.31 Å². The Kier molecular flexibility index (Phi) is 5.77. The third-order valence-corrected chi connectivity index (χ3v) is 3.66. The predicted molar refractivity (Wildman–Crippen MR) is 56.6 cm³/mol. The van der Waals surface area contributed by atoms with Gasteiger partial charge in [-0.25, -0.2) is 4.72 Å². The Morgan fingerprint density at radius 1 is 1.47 bits per heavy atom. The fourth-order valence-corrected chi connectivity index (χ4v) is 2.36. The molecule has 0 fully saturated rings. The molecule has 15 heavy (non-hydrogen) atoms. The Morgan fingerprint density at radius 3 is 2.33 bits per heavy atom. The van der Waals surface area contributed by atoms with Gasteiger partial charge in [0.05, 0.1) is 5.92 Å². The Labute approximate surface area is 90.5 Å². The molecule has 0 heterocycles. The maximum atomic E-state index is 11.5. The summed E-state index contributed by atoms with van der Waals surface area (Å²) < 4.78 is 26.5. The van der Waals surface area contributed by atoms with Crippen LogP contribution in [0.15, 0.2) is 0 Å².